The smallest absolute Gasteiger partial charge is 0.245 e. The number of amides is 16. The SMILES string of the molecule is CCC(C)[C@@H]1NC(=O)[C@H](Cc2ccc(O)cc2)NC(=O)[C@@H](C)NC(=O)[C@@H]2CCCN2C(=O)[C@@H](N)CCC(=O)NC[C@H](C(=O)N[C@H](C(=O)N[C@H](C(=O)N[C@@H](CCCN=C(N)N)C(=O)N[C@@H](CCC(N)=O)C(=O)N[C@@H](CCCN=C(N)N)C(=O)N[C@@H](Cc2ccc(O)cc2)C(N)=O)[C@@H](C)O)C(C)CC)NC(=O)[C@H](CC(N)=O)NC1=O. The molecule has 2 aromatic rings. The average Bonchev–Trinajstić information content (AvgIpc) is 1.81. The van der Waals surface area contributed by atoms with Crippen molar-refractivity contribution in [3.63, 3.8) is 0 Å². The van der Waals surface area contributed by atoms with E-state index >= 15 is 0 Å². The van der Waals surface area contributed by atoms with Crippen LogP contribution in [-0.2, 0) is 89.6 Å². The van der Waals surface area contributed by atoms with E-state index in [-0.39, 0.29) is 107 Å². The number of aliphatic hydroxyl groups is 1. The lowest BCUT2D eigenvalue weighted by Gasteiger charge is -2.31. The van der Waals surface area contributed by atoms with Gasteiger partial charge >= 0.3 is 0 Å². The van der Waals surface area contributed by atoms with Crippen LogP contribution in [0.2, 0.25) is 0 Å². The van der Waals surface area contributed by atoms with Crippen molar-refractivity contribution in [3.05, 3.63) is 59.7 Å². The average molecular weight is 1590 g/mol. The number of aliphatic imine (C=N–C) groups is 2. The zero-order valence-corrected chi connectivity index (χ0v) is 64.1. The third-order valence-corrected chi connectivity index (χ3v) is 18.9. The number of carbonyl (C=O) groups excluding carboxylic acids is 16. The summed E-state index contributed by atoms with van der Waals surface area (Å²) in [5.74, 6) is -18.9. The summed E-state index contributed by atoms with van der Waals surface area (Å²) in [4.78, 5) is 233. The molecule has 2 aromatic carbocycles. The molecule has 2 unspecified atom stereocenters. The summed E-state index contributed by atoms with van der Waals surface area (Å²) in [5.41, 5.74) is 46.1. The van der Waals surface area contributed by atoms with E-state index in [1.165, 1.54) is 67.3 Å². The number of benzene rings is 2. The molecule has 42 heteroatoms. The maximum absolute atomic E-state index is 14.9. The number of nitrogens with two attached hydrogens (primary N) is 8. The minimum absolute atomic E-state index is 0.0417. The van der Waals surface area contributed by atoms with Gasteiger partial charge < -0.3 is 130 Å². The fourth-order valence-electron chi connectivity index (χ4n) is 12.0. The van der Waals surface area contributed by atoms with Crippen LogP contribution < -0.4 is 110 Å². The molecule has 0 bridgehead atoms. The number of nitrogens with one attached hydrogen (secondary N) is 12. The molecule has 4 rings (SSSR count). The summed E-state index contributed by atoms with van der Waals surface area (Å²) in [6.07, 6.45) is -4.88. The highest BCUT2D eigenvalue weighted by Gasteiger charge is 2.42. The topological polar surface area (TPSA) is 714 Å². The summed E-state index contributed by atoms with van der Waals surface area (Å²) in [5, 5.41) is 60.9. The van der Waals surface area contributed by atoms with Gasteiger partial charge in [0.2, 0.25) is 94.5 Å². The number of hydrogen-bond donors (Lipinski definition) is 23. The van der Waals surface area contributed by atoms with Crippen molar-refractivity contribution in [2.75, 3.05) is 26.2 Å². The molecule has 0 aromatic heterocycles. The molecule has 31 N–H and O–H groups in total. The van der Waals surface area contributed by atoms with Crippen LogP contribution in [0.3, 0.4) is 0 Å². The number of phenolic OH excluding ortho intramolecular Hbond substituents is 2. The van der Waals surface area contributed by atoms with Gasteiger partial charge in [0.15, 0.2) is 11.9 Å². The summed E-state index contributed by atoms with van der Waals surface area (Å²) < 4.78 is 0. The molecule has 0 spiro atoms. The number of fused-ring (bicyclic) bond motifs is 1. The minimum atomic E-state index is -2.00. The van der Waals surface area contributed by atoms with E-state index in [1.807, 2.05) is 0 Å². The Morgan fingerprint density at radius 3 is 1.59 bits per heavy atom. The number of aliphatic hydroxyl groups excluding tert-OH is 1. The highest BCUT2D eigenvalue weighted by Crippen LogP contribution is 2.21. The van der Waals surface area contributed by atoms with E-state index in [9.17, 15) is 92.0 Å². The second-order valence-electron chi connectivity index (χ2n) is 28.0. The molecule has 624 valence electrons. The van der Waals surface area contributed by atoms with E-state index in [2.05, 4.69) is 73.8 Å². The minimum Gasteiger partial charge on any atom is -0.508 e. The van der Waals surface area contributed by atoms with Crippen molar-refractivity contribution >= 4 is 106 Å². The molecule has 2 aliphatic heterocycles. The Labute approximate surface area is 652 Å². The highest BCUT2D eigenvalue weighted by molar-refractivity contribution is 6.01. The zero-order chi connectivity index (χ0) is 84.5. The van der Waals surface area contributed by atoms with E-state index in [0.717, 1.165) is 6.92 Å². The molecule has 2 fully saturated rings. The van der Waals surface area contributed by atoms with Crippen molar-refractivity contribution in [2.45, 2.75) is 223 Å². The Morgan fingerprint density at radius 1 is 0.566 bits per heavy atom. The molecule has 0 saturated carbocycles. The molecule has 2 aliphatic rings. The van der Waals surface area contributed by atoms with E-state index in [4.69, 9.17) is 45.9 Å². The lowest BCUT2D eigenvalue weighted by molar-refractivity contribution is -0.140. The van der Waals surface area contributed by atoms with Crippen LogP contribution in [0.15, 0.2) is 58.5 Å². The van der Waals surface area contributed by atoms with Gasteiger partial charge in [-0.1, -0.05) is 64.8 Å². The summed E-state index contributed by atoms with van der Waals surface area (Å²) in [7, 11) is 0. The first-order valence-corrected chi connectivity index (χ1v) is 37.1. The molecule has 113 heavy (non-hydrogen) atoms. The first-order valence-electron chi connectivity index (χ1n) is 37.1. The molecule has 42 nitrogen and oxygen atoms in total. The first kappa shape index (κ1) is 93.4. The first-order chi connectivity index (χ1) is 53.2. The van der Waals surface area contributed by atoms with Crippen molar-refractivity contribution in [1.82, 2.24) is 68.7 Å². The van der Waals surface area contributed by atoms with Crippen molar-refractivity contribution in [1.29, 1.82) is 0 Å². The van der Waals surface area contributed by atoms with Gasteiger partial charge in [0.25, 0.3) is 0 Å². The fourth-order valence-corrected chi connectivity index (χ4v) is 12.0. The molecule has 0 aliphatic carbocycles. The zero-order valence-electron chi connectivity index (χ0n) is 64.1. The Kier molecular flexibility index (Phi) is 38.0. The number of phenols is 2. The molecular formula is C71H111N23O19. The number of nitrogens with zero attached hydrogens (tertiary/aromatic N) is 3. The Balaban J connectivity index is 1.72. The van der Waals surface area contributed by atoms with Crippen LogP contribution >= 0.6 is 0 Å². The van der Waals surface area contributed by atoms with Gasteiger partial charge in [-0.2, -0.15) is 0 Å². The molecule has 2 heterocycles. The number of primary amides is 3. The summed E-state index contributed by atoms with van der Waals surface area (Å²) >= 11 is 0. The number of carbonyl (C=O) groups is 16. The second-order valence-corrected chi connectivity index (χ2v) is 28.0. The molecule has 0 radical (unpaired) electrons. The number of hydrogen-bond acceptors (Lipinski definition) is 22. The normalized spacial score (nSPS) is 21.2. The van der Waals surface area contributed by atoms with Crippen LogP contribution in [0.5, 0.6) is 11.5 Å². The number of rotatable bonds is 35. The Morgan fingerprint density at radius 2 is 1.08 bits per heavy atom. The van der Waals surface area contributed by atoms with Gasteiger partial charge in [-0.3, -0.25) is 86.7 Å². The van der Waals surface area contributed by atoms with Crippen LogP contribution in [0.4, 0.5) is 0 Å². The lowest BCUT2D eigenvalue weighted by atomic mass is 9.96. The van der Waals surface area contributed by atoms with E-state index < -0.39 is 223 Å². The van der Waals surface area contributed by atoms with Gasteiger partial charge in [0.05, 0.1) is 18.6 Å². The summed E-state index contributed by atoms with van der Waals surface area (Å²) in [6, 6.07) is -9.60. The second kappa shape index (κ2) is 46.0. The number of aromatic hydroxyl groups is 2. The van der Waals surface area contributed by atoms with Gasteiger partial charge in [-0.25, -0.2) is 0 Å². The van der Waals surface area contributed by atoms with E-state index in [1.54, 1.807) is 20.8 Å². The maximum atomic E-state index is 14.9. The molecule has 2 saturated heterocycles. The predicted octanol–water partition coefficient (Wildman–Crippen LogP) is -8.33. The Hall–Kier alpha value is -12.0. The van der Waals surface area contributed by atoms with Crippen LogP contribution in [0.1, 0.15) is 136 Å². The van der Waals surface area contributed by atoms with Crippen LogP contribution in [-0.4, -0.2) is 237 Å². The molecule has 16 amide bonds. The Bertz CT molecular complexity index is 3750. The van der Waals surface area contributed by atoms with Crippen LogP contribution in [0, 0.1) is 11.8 Å². The van der Waals surface area contributed by atoms with Gasteiger partial charge in [0.1, 0.15) is 84.0 Å². The predicted molar refractivity (Wildman–Crippen MR) is 407 cm³/mol. The van der Waals surface area contributed by atoms with Crippen molar-refractivity contribution < 1.29 is 92.0 Å². The van der Waals surface area contributed by atoms with Gasteiger partial charge in [0, 0.05) is 51.9 Å². The quantitative estimate of drug-likeness (QED) is 0.0173. The highest BCUT2D eigenvalue weighted by atomic mass is 16.3. The number of guanidine groups is 2. The lowest BCUT2D eigenvalue weighted by Crippen LogP contribution is -2.64. The van der Waals surface area contributed by atoms with Crippen molar-refractivity contribution in [2.24, 2.45) is 67.7 Å². The largest absolute Gasteiger partial charge is 0.508 e. The van der Waals surface area contributed by atoms with Gasteiger partial charge in [-0.05, 0) is 112 Å². The monoisotopic (exact) mass is 1590 g/mol. The third-order valence-electron chi connectivity index (χ3n) is 18.9. The maximum Gasteiger partial charge on any atom is 0.245 e. The fraction of sp³-hybridized carbons (Fsp3) is 0.577. The molecular weight excluding hydrogens is 1480 g/mol. The summed E-state index contributed by atoms with van der Waals surface area (Å²) in [6.45, 7) is 7.77. The van der Waals surface area contributed by atoms with E-state index in [0.29, 0.717) is 17.5 Å². The van der Waals surface area contributed by atoms with Crippen molar-refractivity contribution in [3.8, 4) is 11.5 Å². The van der Waals surface area contributed by atoms with Crippen LogP contribution in [0.25, 0.3) is 0 Å². The standard InChI is InChI=1S/C71H111N23O19/c1-7-34(3)54-66(110)89-48(32-52(74)99)62(106)90-49(33-82-53(100)26-23-42(72)69(113)94-29-11-14-50(94)65(109)83-36(5)58(102)88-47(63(107)91-54)31-39-17-21-41(97)22-18-39)64(108)92-55(35(4)8-2)67(111)93-56(37(6)95)68(112)86-44(13-10-28-81-71(78)79)59(103)85-45(24-25-51(73)98)61(105)84-43(12-9-27-80-70(76)77)60(104)87-46(57(75)101)30-38-15-19-40(96)20-16-38/h15-22,34-37,42-50,54-56,95-97H,7-14,23-33,72H2,1-6H3,(H2,73,98)(H2,74,99)(H2,75,101)(H,82,100)(H,83,109)(H,84,105)(H,85,103)(H,86,112)(H,87,104)(H,88,102)(H,89,110)(H,90,106)(H,91,107)(H,92,108)(H,93,111)(H4,76,77,80)(H4,78,79,81)/t34?,35?,36-,37-,42+,43+,44+,45+,46+,47+,48+,49-,50+,54+,55+,56+/m1/s1. The molecule has 16 atom stereocenters. The third kappa shape index (κ3) is 31.4. The van der Waals surface area contributed by atoms with Gasteiger partial charge in [-0.15, -0.1) is 0 Å².